The van der Waals surface area contributed by atoms with Gasteiger partial charge in [-0.3, -0.25) is 9.59 Å². The maximum absolute atomic E-state index is 13.1. The molecule has 2 aromatic carbocycles. The Morgan fingerprint density at radius 1 is 1.03 bits per heavy atom. The van der Waals surface area contributed by atoms with E-state index in [9.17, 15) is 9.59 Å². The number of rotatable bonds is 9. The highest BCUT2D eigenvalue weighted by Gasteiger charge is 2.26. The van der Waals surface area contributed by atoms with Crippen LogP contribution in [0.4, 0.5) is 0 Å². The van der Waals surface area contributed by atoms with Gasteiger partial charge in [-0.15, -0.1) is 0 Å². The van der Waals surface area contributed by atoms with Crippen molar-refractivity contribution in [3.63, 3.8) is 0 Å². The maximum atomic E-state index is 13.1. The van der Waals surface area contributed by atoms with Gasteiger partial charge in [0.1, 0.15) is 11.8 Å². The van der Waals surface area contributed by atoms with E-state index in [4.69, 9.17) is 4.74 Å². The number of hydrogen-bond donors (Lipinski definition) is 1. The minimum absolute atomic E-state index is 0.113. The molecular formula is C25H34N2O3. The molecule has 2 aromatic rings. The lowest BCUT2D eigenvalue weighted by atomic mass is 10.1. The Kier molecular flexibility index (Phi) is 8.46. The lowest BCUT2D eigenvalue weighted by molar-refractivity contribution is -0.142. The fraction of sp³-hybridized carbons (Fsp3) is 0.440. The second-order valence-corrected chi connectivity index (χ2v) is 8.32. The molecule has 2 amide bonds. The molecule has 0 radical (unpaired) electrons. The minimum Gasteiger partial charge on any atom is -0.483 e. The molecule has 1 N–H and O–H groups in total. The fourth-order valence-electron chi connectivity index (χ4n) is 3.19. The zero-order valence-corrected chi connectivity index (χ0v) is 19.0. The summed E-state index contributed by atoms with van der Waals surface area (Å²) in [4.78, 5) is 27.3. The van der Waals surface area contributed by atoms with Crippen molar-refractivity contribution in [2.45, 2.75) is 54.1 Å². The topological polar surface area (TPSA) is 58.6 Å². The van der Waals surface area contributed by atoms with Crippen LogP contribution < -0.4 is 10.1 Å². The van der Waals surface area contributed by atoms with Gasteiger partial charge in [-0.1, -0.05) is 50.2 Å². The molecule has 5 nitrogen and oxygen atoms in total. The number of amides is 2. The van der Waals surface area contributed by atoms with Gasteiger partial charge in [0.2, 0.25) is 5.91 Å². The number of ether oxygens (including phenoxy) is 1. The molecule has 1 atom stereocenters. The Morgan fingerprint density at radius 3 is 2.33 bits per heavy atom. The summed E-state index contributed by atoms with van der Waals surface area (Å²) in [6, 6.07) is 13.1. The van der Waals surface area contributed by atoms with E-state index >= 15 is 0 Å². The number of carbonyl (C=O) groups is 2. The van der Waals surface area contributed by atoms with Crippen LogP contribution in [-0.2, 0) is 16.1 Å². The molecule has 0 aliphatic heterocycles. The van der Waals surface area contributed by atoms with Crippen molar-refractivity contribution in [2.75, 3.05) is 13.2 Å². The van der Waals surface area contributed by atoms with Gasteiger partial charge in [-0.25, -0.2) is 0 Å². The third-order valence-electron chi connectivity index (χ3n) is 5.16. The number of carbonyl (C=O) groups excluding carboxylic acids is 2. The van der Waals surface area contributed by atoms with Crippen LogP contribution in [0.25, 0.3) is 0 Å². The number of nitrogens with zero attached hydrogens (tertiary/aromatic N) is 1. The third-order valence-corrected chi connectivity index (χ3v) is 5.16. The van der Waals surface area contributed by atoms with Crippen LogP contribution in [-0.4, -0.2) is 35.9 Å². The highest BCUT2D eigenvalue weighted by Crippen LogP contribution is 2.23. The van der Waals surface area contributed by atoms with E-state index in [0.29, 0.717) is 24.8 Å². The zero-order valence-electron chi connectivity index (χ0n) is 19.0. The van der Waals surface area contributed by atoms with Crippen LogP contribution >= 0.6 is 0 Å². The standard InChI is InChI=1S/C25H34N2O3/c1-17(2)14-26-25(29)21(6)27(15-22-10-8-7-9-11-22)24(28)16-30-23-13-18(3)12-19(4)20(23)5/h7-13,17,21H,14-16H2,1-6H3,(H,26,29)/t21-/m1/s1. The van der Waals surface area contributed by atoms with E-state index in [0.717, 1.165) is 22.3 Å². The molecule has 0 aliphatic carbocycles. The molecule has 0 aromatic heterocycles. The van der Waals surface area contributed by atoms with Gasteiger partial charge in [-0.2, -0.15) is 0 Å². The SMILES string of the molecule is Cc1cc(C)c(C)c(OCC(=O)N(Cc2ccccc2)[C@H](C)C(=O)NCC(C)C)c1. The van der Waals surface area contributed by atoms with Crippen molar-refractivity contribution >= 4 is 11.8 Å². The van der Waals surface area contributed by atoms with Crippen molar-refractivity contribution in [1.82, 2.24) is 10.2 Å². The van der Waals surface area contributed by atoms with E-state index in [1.807, 2.05) is 71.0 Å². The quantitative estimate of drug-likeness (QED) is 0.675. The van der Waals surface area contributed by atoms with E-state index < -0.39 is 6.04 Å². The second kappa shape index (κ2) is 10.8. The molecule has 0 saturated heterocycles. The number of benzene rings is 2. The molecule has 162 valence electrons. The fourth-order valence-corrected chi connectivity index (χ4v) is 3.19. The highest BCUT2D eigenvalue weighted by molar-refractivity contribution is 5.88. The average molecular weight is 411 g/mol. The molecule has 30 heavy (non-hydrogen) atoms. The van der Waals surface area contributed by atoms with E-state index in [1.165, 1.54) is 0 Å². The lowest BCUT2D eigenvalue weighted by Gasteiger charge is -2.29. The Morgan fingerprint density at radius 2 is 1.70 bits per heavy atom. The molecular weight excluding hydrogens is 376 g/mol. The molecule has 0 aliphatic rings. The van der Waals surface area contributed by atoms with Crippen LogP contribution in [0.1, 0.15) is 43.0 Å². The van der Waals surface area contributed by atoms with Crippen molar-refractivity contribution < 1.29 is 14.3 Å². The maximum Gasteiger partial charge on any atom is 0.261 e. The summed E-state index contributed by atoms with van der Waals surface area (Å²) < 4.78 is 5.88. The Balaban J connectivity index is 2.16. The first kappa shape index (κ1) is 23.5. The largest absolute Gasteiger partial charge is 0.483 e. The summed E-state index contributed by atoms with van der Waals surface area (Å²) in [5.41, 5.74) is 4.20. The first-order valence-electron chi connectivity index (χ1n) is 10.5. The van der Waals surface area contributed by atoms with Gasteiger partial charge in [0.25, 0.3) is 5.91 Å². The smallest absolute Gasteiger partial charge is 0.261 e. The molecule has 0 saturated carbocycles. The number of nitrogens with one attached hydrogen (secondary N) is 1. The number of aryl methyl sites for hydroxylation is 2. The molecule has 0 spiro atoms. The van der Waals surface area contributed by atoms with Gasteiger partial charge in [-0.05, 0) is 61.9 Å². The Bertz CT molecular complexity index is 862. The summed E-state index contributed by atoms with van der Waals surface area (Å²) in [7, 11) is 0. The van der Waals surface area contributed by atoms with Gasteiger partial charge < -0.3 is 15.0 Å². The summed E-state index contributed by atoms with van der Waals surface area (Å²) in [5, 5.41) is 2.93. The van der Waals surface area contributed by atoms with Crippen molar-refractivity contribution in [2.24, 2.45) is 5.92 Å². The van der Waals surface area contributed by atoms with Crippen molar-refractivity contribution in [3.8, 4) is 5.75 Å². The molecule has 5 heteroatoms. The van der Waals surface area contributed by atoms with Gasteiger partial charge in [0.15, 0.2) is 6.61 Å². The summed E-state index contributed by atoms with van der Waals surface area (Å²) >= 11 is 0. The van der Waals surface area contributed by atoms with Crippen molar-refractivity contribution in [1.29, 1.82) is 0 Å². The molecule has 0 unspecified atom stereocenters. The van der Waals surface area contributed by atoms with Crippen LogP contribution in [0.15, 0.2) is 42.5 Å². The highest BCUT2D eigenvalue weighted by atomic mass is 16.5. The normalized spacial score (nSPS) is 11.8. The average Bonchev–Trinajstić information content (AvgIpc) is 2.71. The van der Waals surface area contributed by atoms with Crippen molar-refractivity contribution in [3.05, 3.63) is 64.7 Å². The summed E-state index contributed by atoms with van der Waals surface area (Å²) in [5.74, 6) is 0.674. The summed E-state index contributed by atoms with van der Waals surface area (Å²) in [6.45, 7) is 12.7. The monoisotopic (exact) mass is 410 g/mol. The van der Waals surface area contributed by atoms with E-state index in [-0.39, 0.29) is 18.4 Å². The molecule has 2 rings (SSSR count). The zero-order chi connectivity index (χ0) is 22.3. The predicted octanol–water partition coefficient (Wildman–Crippen LogP) is 4.18. The van der Waals surface area contributed by atoms with Gasteiger partial charge >= 0.3 is 0 Å². The first-order valence-corrected chi connectivity index (χ1v) is 10.5. The van der Waals surface area contributed by atoms with Gasteiger partial charge in [0, 0.05) is 13.1 Å². The number of hydrogen-bond acceptors (Lipinski definition) is 3. The summed E-state index contributed by atoms with van der Waals surface area (Å²) in [6.07, 6.45) is 0. The van der Waals surface area contributed by atoms with Crippen LogP contribution in [0.3, 0.4) is 0 Å². The van der Waals surface area contributed by atoms with Crippen LogP contribution in [0.5, 0.6) is 5.75 Å². The Hall–Kier alpha value is -2.82. The molecule has 0 heterocycles. The Labute approximate surface area is 180 Å². The first-order chi connectivity index (χ1) is 14.2. The lowest BCUT2D eigenvalue weighted by Crippen LogP contribution is -2.49. The third kappa shape index (κ3) is 6.61. The molecule has 0 fully saturated rings. The second-order valence-electron chi connectivity index (χ2n) is 8.32. The van der Waals surface area contributed by atoms with E-state index in [2.05, 4.69) is 11.4 Å². The predicted molar refractivity (Wildman–Crippen MR) is 120 cm³/mol. The molecule has 0 bridgehead atoms. The van der Waals surface area contributed by atoms with Crippen LogP contribution in [0.2, 0.25) is 0 Å². The van der Waals surface area contributed by atoms with E-state index in [1.54, 1.807) is 11.8 Å². The van der Waals surface area contributed by atoms with Crippen LogP contribution in [0, 0.1) is 26.7 Å². The van der Waals surface area contributed by atoms with Gasteiger partial charge in [0.05, 0.1) is 0 Å². The minimum atomic E-state index is -0.597.